The summed E-state index contributed by atoms with van der Waals surface area (Å²) in [5, 5.41) is 0. The van der Waals surface area contributed by atoms with E-state index in [2.05, 4.69) is 72.3 Å². The molecular formula is C19H30BrNO4Si3. The van der Waals surface area contributed by atoms with Crippen molar-refractivity contribution in [2.45, 2.75) is 52.5 Å². The maximum absolute atomic E-state index is 6.43. The molecular weight excluding hydrogens is 470 g/mol. The lowest BCUT2D eigenvalue weighted by atomic mass is 10.2. The van der Waals surface area contributed by atoms with Gasteiger partial charge in [0.15, 0.2) is 0 Å². The topological polar surface area (TPSA) is 49.8 Å². The van der Waals surface area contributed by atoms with E-state index in [0.29, 0.717) is 13.2 Å². The molecule has 2 rings (SSSR count). The van der Waals surface area contributed by atoms with Crippen molar-refractivity contribution in [2.24, 2.45) is 0 Å². The second-order valence-corrected chi connectivity index (χ2v) is 19.5. The zero-order valence-corrected chi connectivity index (χ0v) is 22.1. The number of pyridine rings is 1. The molecule has 2 aromatic rings. The number of hydrogen-bond acceptors (Lipinski definition) is 5. The fourth-order valence-corrected chi connectivity index (χ4v) is 14.6. The SMILES string of the molecule is C[Si](C)(OCc1ccc(Br)cc1)O[Si](C)(C)O[Si](C)(C)OCc1cccnc1. The van der Waals surface area contributed by atoms with E-state index >= 15 is 0 Å². The second kappa shape index (κ2) is 9.90. The van der Waals surface area contributed by atoms with Gasteiger partial charge in [-0.15, -0.1) is 0 Å². The zero-order chi connectivity index (χ0) is 20.8. The van der Waals surface area contributed by atoms with E-state index in [-0.39, 0.29) is 0 Å². The summed E-state index contributed by atoms with van der Waals surface area (Å²) in [4.78, 5) is 4.12. The van der Waals surface area contributed by atoms with Crippen molar-refractivity contribution >= 4 is 41.6 Å². The maximum atomic E-state index is 6.43. The molecule has 0 amide bonds. The molecule has 0 atom stereocenters. The van der Waals surface area contributed by atoms with E-state index in [9.17, 15) is 0 Å². The number of benzene rings is 1. The van der Waals surface area contributed by atoms with Crippen molar-refractivity contribution in [3.05, 3.63) is 64.4 Å². The summed E-state index contributed by atoms with van der Waals surface area (Å²) < 4.78 is 26.2. The average Bonchev–Trinajstić information content (AvgIpc) is 2.59. The molecule has 0 aliphatic rings. The van der Waals surface area contributed by atoms with E-state index in [0.717, 1.165) is 15.6 Å². The molecule has 0 bridgehead atoms. The Kier molecular flexibility index (Phi) is 8.35. The zero-order valence-electron chi connectivity index (χ0n) is 17.5. The third kappa shape index (κ3) is 8.78. The Labute approximate surface area is 180 Å². The van der Waals surface area contributed by atoms with Crippen LogP contribution in [0.2, 0.25) is 39.3 Å². The van der Waals surface area contributed by atoms with Gasteiger partial charge in [0.05, 0.1) is 13.2 Å². The molecule has 1 heterocycles. The Hall–Kier alpha value is -0.659. The molecule has 5 nitrogen and oxygen atoms in total. The fraction of sp³-hybridized carbons (Fsp3) is 0.421. The highest BCUT2D eigenvalue weighted by Crippen LogP contribution is 2.23. The first-order chi connectivity index (χ1) is 13.0. The van der Waals surface area contributed by atoms with Crippen LogP contribution in [-0.4, -0.2) is 30.7 Å². The van der Waals surface area contributed by atoms with Crippen LogP contribution in [-0.2, 0) is 30.3 Å². The van der Waals surface area contributed by atoms with Crippen LogP contribution < -0.4 is 0 Å². The van der Waals surface area contributed by atoms with Crippen molar-refractivity contribution in [1.82, 2.24) is 4.98 Å². The first kappa shape index (κ1) is 23.6. The summed E-state index contributed by atoms with van der Waals surface area (Å²) >= 11 is 3.45. The molecule has 0 N–H and O–H groups in total. The summed E-state index contributed by atoms with van der Waals surface area (Å²) in [6, 6.07) is 12.1. The van der Waals surface area contributed by atoms with E-state index in [1.807, 2.05) is 30.5 Å². The van der Waals surface area contributed by atoms with E-state index < -0.39 is 25.7 Å². The third-order valence-electron chi connectivity index (χ3n) is 3.79. The molecule has 1 aromatic carbocycles. The first-order valence-electron chi connectivity index (χ1n) is 9.28. The van der Waals surface area contributed by atoms with Crippen LogP contribution in [0.25, 0.3) is 0 Å². The van der Waals surface area contributed by atoms with Crippen LogP contribution in [0.5, 0.6) is 0 Å². The normalized spacial score (nSPS) is 13.0. The maximum Gasteiger partial charge on any atom is 0.323 e. The van der Waals surface area contributed by atoms with E-state index in [4.69, 9.17) is 17.1 Å². The van der Waals surface area contributed by atoms with Crippen LogP contribution in [0.15, 0.2) is 53.3 Å². The van der Waals surface area contributed by atoms with Gasteiger partial charge in [0, 0.05) is 16.9 Å². The molecule has 0 spiro atoms. The number of halogens is 1. The van der Waals surface area contributed by atoms with E-state index in [1.54, 1.807) is 6.20 Å². The molecule has 154 valence electrons. The highest BCUT2D eigenvalue weighted by molar-refractivity contribution is 9.10. The molecule has 0 unspecified atom stereocenters. The van der Waals surface area contributed by atoms with Crippen LogP contribution >= 0.6 is 15.9 Å². The number of rotatable bonds is 10. The van der Waals surface area contributed by atoms with Crippen molar-refractivity contribution in [3.8, 4) is 0 Å². The van der Waals surface area contributed by atoms with Gasteiger partial charge in [-0.25, -0.2) is 0 Å². The lowest BCUT2D eigenvalue weighted by molar-refractivity contribution is 0.195. The molecule has 28 heavy (non-hydrogen) atoms. The second-order valence-electron chi connectivity index (χ2n) is 7.97. The van der Waals surface area contributed by atoms with Gasteiger partial charge in [0.25, 0.3) is 0 Å². The summed E-state index contributed by atoms with van der Waals surface area (Å²) in [7, 11) is -7.09. The first-order valence-corrected chi connectivity index (χ1v) is 18.5. The van der Waals surface area contributed by atoms with Crippen LogP contribution in [0, 0.1) is 0 Å². The minimum atomic E-state index is -2.41. The molecule has 0 radical (unpaired) electrons. The van der Waals surface area contributed by atoms with Crippen molar-refractivity contribution in [3.63, 3.8) is 0 Å². The monoisotopic (exact) mass is 499 g/mol. The lowest BCUT2D eigenvalue weighted by Crippen LogP contribution is -2.54. The molecule has 0 aliphatic heterocycles. The van der Waals surface area contributed by atoms with Gasteiger partial charge >= 0.3 is 25.7 Å². The van der Waals surface area contributed by atoms with Gasteiger partial charge in [0.2, 0.25) is 0 Å². The predicted octanol–water partition coefficient (Wildman–Crippen LogP) is 5.72. The lowest BCUT2D eigenvalue weighted by Gasteiger charge is -2.37. The Morgan fingerprint density at radius 2 is 1.29 bits per heavy atom. The number of aromatic nitrogens is 1. The fourth-order valence-electron chi connectivity index (χ4n) is 2.84. The quantitative estimate of drug-likeness (QED) is 0.391. The molecule has 0 saturated heterocycles. The molecule has 0 aliphatic carbocycles. The summed E-state index contributed by atoms with van der Waals surface area (Å²) in [5.74, 6) is 0. The minimum absolute atomic E-state index is 0.498. The van der Waals surface area contributed by atoms with Crippen LogP contribution in [0.4, 0.5) is 0 Å². The van der Waals surface area contributed by atoms with E-state index in [1.165, 1.54) is 0 Å². The third-order valence-corrected chi connectivity index (χ3v) is 13.9. The number of nitrogens with zero attached hydrogens (tertiary/aromatic N) is 1. The largest absolute Gasteiger partial charge is 0.415 e. The Morgan fingerprint density at radius 1 is 0.750 bits per heavy atom. The summed E-state index contributed by atoms with van der Waals surface area (Å²) in [6.45, 7) is 13.4. The molecule has 0 saturated carbocycles. The van der Waals surface area contributed by atoms with Gasteiger partial charge in [-0.05, 0) is 68.6 Å². The van der Waals surface area contributed by atoms with Gasteiger partial charge < -0.3 is 17.1 Å². The molecule has 0 fully saturated rings. The Balaban J connectivity index is 1.87. The standard InChI is InChI=1S/C19H30BrNO4Si3/c1-26(2,22-15-17-9-11-19(20)12-10-17)24-28(5,6)25-27(3,4)23-16-18-8-7-13-21-14-18/h7-14H,15-16H2,1-6H3. The molecule has 9 heteroatoms. The number of hydrogen-bond donors (Lipinski definition) is 0. The van der Waals surface area contributed by atoms with Gasteiger partial charge in [-0.2, -0.15) is 0 Å². The van der Waals surface area contributed by atoms with Gasteiger partial charge in [0.1, 0.15) is 0 Å². The summed E-state index contributed by atoms with van der Waals surface area (Å²) in [6.07, 6.45) is 3.57. The van der Waals surface area contributed by atoms with Crippen molar-refractivity contribution in [1.29, 1.82) is 0 Å². The van der Waals surface area contributed by atoms with Crippen LogP contribution in [0.1, 0.15) is 11.1 Å². The Bertz CT molecular complexity index is 743. The van der Waals surface area contributed by atoms with Crippen molar-refractivity contribution in [2.75, 3.05) is 0 Å². The van der Waals surface area contributed by atoms with Crippen LogP contribution in [0.3, 0.4) is 0 Å². The molecule has 1 aromatic heterocycles. The van der Waals surface area contributed by atoms with Crippen molar-refractivity contribution < 1.29 is 17.1 Å². The Morgan fingerprint density at radius 3 is 1.79 bits per heavy atom. The minimum Gasteiger partial charge on any atom is -0.415 e. The summed E-state index contributed by atoms with van der Waals surface area (Å²) in [5.41, 5.74) is 2.17. The average molecular weight is 501 g/mol. The predicted molar refractivity (Wildman–Crippen MR) is 123 cm³/mol. The van der Waals surface area contributed by atoms with Gasteiger partial charge in [-0.1, -0.05) is 34.1 Å². The smallest absolute Gasteiger partial charge is 0.323 e. The van der Waals surface area contributed by atoms with Gasteiger partial charge in [-0.3, -0.25) is 4.98 Å². The highest BCUT2D eigenvalue weighted by Gasteiger charge is 2.41. The highest BCUT2D eigenvalue weighted by atomic mass is 79.9.